The molecule has 1 heterocycles. The van der Waals surface area contributed by atoms with E-state index >= 15 is 0 Å². The highest BCUT2D eigenvalue weighted by Gasteiger charge is 2.21. The van der Waals surface area contributed by atoms with Gasteiger partial charge in [-0.2, -0.15) is 11.8 Å². The number of thioether (sulfide) groups is 1. The summed E-state index contributed by atoms with van der Waals surface area (Å²) in [6.07, 6.45) is 7.55. The minimum atomic E-state index is 0.711. The van der Waals surface area contributed by atoms with Crippen molar-refractivity contribution in [2.75, 3.05) is 38.2 Å². The molecule has 1 rings (SSSR count). The Morgan fingerprint density at radius 1 is 1.41 bits per heavy atom. The summed E-state index contributed by atoms with van der Waals surface area (Å²) in [5, 5.41) is 3.72. The van der Waals surface area contributed by atoms with Crippen LogP contribution in [0.2, 0.25) is 0 Å². The first-order valence-electron chi connectivity index (χ1n) is 7.22. The van der Waals surface area contributed by atoms with Gasteiger partial charge in [0.1, 0.15) is 0 Å². The topological polar surface area (TPSA) is 15.3 Å². The number of nitrogens with one attached hydrogen (secondary N) is 1. The quantitative estimate of drug-likeness (QED) is 0.707. The molecule has 2 atom stereocenters. The van der Waals surface area contributed by atoms with Crippen molar-refractivity contribution in [3.8, 4) is 0 Å². The second-order valence-electron chi connectivity index (χ2n) is 5.30. The van der Waals surface area contributed by atoms with Crippen LogP contribution in [0.1, 0.15) is 39.5 Å². The predicted octanol–water partition coefficient (Wildman–Crippen LogP) is 2.84. The molecule has 0 radical (unpaired) electrons. The lowest BCUT2D eigenvalue weighted by Gasteiger charge is -2.28. The lowest BCUT2D eigenvalue weighted by Crippen LogP contribution is -2.42. The standard InChI is InChI=1S/C14H30N2S/c1-4-13(2)14-12-16(10-7-8-15-14)9-5-6-11-17-3/h13-15H,4-12H2,1-3H3. The largest absolute Gasteiger partial charge is 0.312 e. The van der Waals surface area contributed by atoms with Gasteiger partial charge in [0.2, 0.25) is 0 Å². The monoisotopic (exact) mass is 258 g/mol. The molecule has 17 heavy (non-hydrogen) atoms. The molecular weight excluding hydrogens is 228 g/mol. The molecule has 3 heteroatoms. The molecule has 2 unspecified atom stereocenters. The second kappa shape index (κ2) is 9.23. The maximum Gasteiger partial charge on any atom is 0.0220 e. The fraction of sp³-hybridized carbons (Fsp3) is 1.00. The Morgan fingerprint density at radius 3 is 2.94 bits per heavy atom. The first kappa shape index (κ1) is 15.3. The molecule has 1 aliphatic rings. The maximum absolute atomic E-state index is 3.72. The molecule has 0 aromatic rings. The highest BCUT2D eigenvalue weighted by Crippen LogP contribution is 2.13. The summed E-state index contributed by atoms with van der Waals surface area (Å²) in [6.45, 7) is 9.74. The van der Waals surface area contributed by atoms with Crippen LogP contribution in [0.4, 0.5) is 0 Å². The van der Waals surface area contributed by atoms with E-state index in [9.17, 15) is 0 Å². The van der Waals surface area contributed by atoms with E-state index in [1.807, 2.05) is 11.8 Å². The van der Waals surface area contributed by atoms with Crippen LogP contribution < -0.4 is 5.32 Å². The normalized spacial score (nSPS) is 24.5. The molecule has 1 N–H and O–H groups in total. The van der Waals surface area contributed by atoms with Gasteiger partial charge in [-0.05, 0) is 56.8 Å². The van der Waals surface area contributed by atoms with Gasteiger partial charge in [0.15, 0.2) is 0 Å². The Bertz CT molecular complexity index is 187. The van der Waals surface area contributed by atoms with Gasteiger partial charge in [0.25, 0.3) is 0 Å². The van der Waals surface area contributed by atoms with Crippen molar-refractivity contribution in [1.82, 2.24) is 10.2 Å². The zero-order valence-electron chi connectivity index (χ0n) is 11.9. The van der Waals surface area contributed by atoms with E-state index in [0.29, 0.717) is 6.04 Å². The molecule has 102 valence electrons. The highest BCUT2D eigenvalue weighted by molar-refractivity contribution is 7.98. The Labute approximate surface area is 112 Å². The third-order valence-corrected chi connectivity index (χ3v) is 4.61. The van der Waals surface area contributed by atoms with Crippen molar-refractivity contribution < 1.29 is 0 Å². The van der Waals surface area contributed by atoms with Gasteiger partial charge in [0.05, 0.1) is 0 Å². The molecule has 0 aliphatic carbocycles. The number of hydrogen-bond acceptors (Lipinski definition) is 3. The minimum absolute atomic E-state index is 0.711. The predicted molar refractivity (Wildman–Crippen MR) is 79.9 cm³/mol. The molecule has 1 saturated heterocycles. The van der Waals surface area contributed by atoms with Crippen molar-refractivity contribution in [2.45, 2.75) is 45.6 Å². The van der Waals surface area contributed by atoms with Crippen molar-refractivity contribution in [3.05, 3.63) is 0 Å². The summed E-state index contributed by atoms with van der Waals surface area (Å²) >= 11 is 1.97. The SMILES string of the molecule is CCC(C)C1CN(CCCCSC)CCCN1. The summed E-state index contributed by atoms with van der Waals surface area (Å²) < 4.78 is 0. The summed E-state index contributed by atoms with van der Waals surface area (Å²) in [4.78, 5) is 2.68. The maximum atomic E-state index is 3.72. The Morgan fingerprint density at radius 2 is 2.24 bits per heavy atom. The number of unbranched alkanes of at least 4 members (excludes halogenated alkanes) is 1. The van der Waals surface area contributed by atoms with Crippen LogP contribution in [0, 0.1) is 5.92 Å². The van der Waals surface area contributed by atoms with E-state index in [1.165, 1.54) is 57.6 Å². The minimum Gasteiger partial charge on any atom is -0.312 e. The lowest BCUT2D eigenvalue weighted by atomic mass is 9.99. The van der Waals surface area contributed by atoms with Gasteiger partial charge in [-0.25, -0.2) is 0 Å². The van der Waals surface area contributed by atoms with Gasteiger partial charge >= 0.3 is 0 Å². The molecular formula is C14H30N2S. The van der Waals surface area contributed by atoms with E-state index in [-0.39, 0.29) is 0 Å². The number of hydrogen-bond donors (Lipinski definition) is 1. The summed E-state index contributed by atoms with van der Waals surface area (Å²) in [5.74, 6) is 2.13. The summed E-state index contributed by atoms with van der Waals surface area (Å²) in [5.41, 5.74) is 0. The second-order valence-corrected chi connectivity index (χ2v) is 6.29. The van der Waals surface area contributed by atoms with Crippen molar-refractivity contribution >= 4 is 11.8 Å². The lowest BCUT2D eigenvalue weighted by molar-refractivity contribution is 0.235. The molecule has 1 aliphatic heterocycles. The van der Waals surface area contributed by atoms with Gasteiger partial charge in [-0.3, -0.25) is 0 Å². The molecule has 0 spiro atoms. The van der Waals surface area contributed by atoms with E-state index in [1.54, 1.807) is 0 Å². The molecule has 1 fully saturated rings. The third kappa shape index (κ3) is 6.12. The Kier molecular flexibility index (Phi) is 8.33. The Balaban J connectivity index is 2.27. The van der Waals surface area contributed by atoms with Crippen LogP contribution in [-0.4, -0.2) is 49.1 Å². The van der Waals surface area contributed by atoms with E-state index in [4.69, 9.17) is 0 Å². The molecule has 0 amide bonds. The van der Waals surface area contributed by atoms with Gasteiger partial charge in [-0.1, -0.05) is 20.3 Å². The summed E-state index contributed by atoms with van der Waals surface area (Å²) in [6, 6.07) is 0.711. The third-order valence-electron chi connectivity index (χ3n) is 3.92. The molecule has 2 nitrogen and oxygen atoms in total. The van der Waals surface area contributed by atoms with Gasteiger partial charge in [-0.15, -0.1) is 0 Å². The van der Waals surface area contributed by atoms with Crippen molar-refractivity contribution in [2.24, 2.45) is 5.92 Å². The van der Waals surface area contributed by atoms with Crippen molar-refractivity contribution in [3.63, 3.8) is 0 Å². The molecule has 0 aromatic carbocycles. The summed E-state index contributed by atoms with van der Waals surface area (Å²) in [7, 11) is 0. The van der Waals surface area contributed by atoms with Crippen molar-refractivity contribution in [1.29, 1.82) is 0 Å². The van der Waals surface area contributed by atoms with E-state index in [2.05, 4.69) is 30.3 Å². The highest BCUT2D eigenvalue weighted by atomic mass is 32.2. The smallest absolute Gasteiger partial charge is 0.0220 e. The first-order chi connectivity index (χ1) is 8.27. The average Bonchev–Trinajstić information content (AvgIpc) is 2.59. The number of nitrogens with zero attached hydrogens (tertiary/aromatic N) is 1. The molecule has 0 saturated carbocycles. The van der Waals surface area contributed by atoms with E-state index < -0.39 is 0 Å². The zero-order chi connectivity index (χ0) is 12.5. The average molecular weight is 258 g/mol. The van der Waals surface area contributed by atoms with Crippen LogP contribution in [0.5, 0.6) is 0 Å². The fourth-order valence-corrected chi connectivity index (χ4v) is 2.97. The Hall–Kier alpha value is 0.270. The number of rotatable bonds is 7. The molecule has 0 aromatic heterocycles. The van der Waals surface area contributed by atoms with Crippen LogP contribution in [0.3, 0.4) is 0 Å². The molecule has 0 bridgehead atoms. The van der Waals surface area contributed by atoms with Gasteiger partial charge < -0.3 is 10.2 Å². The fourth-order valence-electron chi connectivity index (χ4n) is 2.47. The van der Waals surface area contributed by atoms with E-state index in [0.717, 1.165) is 5.92 Å². The first-order valence-corrected chi connectivity index (χ1v) is 8.62. The van der Waals surface area contributed by atoms with Crippen LogP contribution in [-0.2, 0) is 0 Å². The van der Waals surface area contributed by atoms with Crippen LogP contribution in [0.15, 0.2) is 0 Å². The van der Waals surface area contributed by atoms with Crippen LogP contribution in [0.25, 0.3) is 0 Å². The zero-order valence-corrected chi connectivity index (χ0v) is 12.7. The van der Waals surface area contributed by atoms with Gasteiger partial charge in [0, 0.05) is 12.6 Å². The van der Waals surface area contributed by atoms with Crippen LogP contribution >= 0.6 is 11.8 Å².